The molecule has 1 fully saturated rings. The Morgan fingerprint density at radius 3 is 2.94 bits per heavy atom. The molecule has 0 radical (unpaired) electrons. The molecule has 0 unspecified atom stereocenters. The van der Waals surface area contributed by atoms with Gasteiger partial charge in [-0.15, -0.1) is 0 Å². The van der Waals surface area contributed by atoms with Crippen molar-refractivity contribution >= 4 is 11.6 Å². The van der Waals surface area contributed by atoms with E-state index in [1.54, 1.807) is 0 Å². The first-order valence-electron chi connectivity index (χ1n) is 6.90. The number of hydrogen-bond acceptors (Lipinski definition) is 2. The third kappa shape index (κ3) is 2.22. The molecule has 1 amide bonds. The lowest BCUT2D eigenvalue weighted by Gasteiger charge is -2.35. The average molecular weight is 244 g/mol. The van der Waals surface area contributed by atoms with E-state index in [1.807, 2.05) is 6.92 Å². The lowest BCUT2D eigenvalue weighted by molar-refractivity contribution is -0.122. The van der Waals surface area contributed by atoms with E-state index in [1.165, 1.54) is 11.3 Å². The molecule has 1 aromatic rings. The topological polar surface area (TPSA) is 32.3 Å². The van der Waals surface area contributed by atoms with Gasteiger partial charge in [-0.1, -0.05) is 18.2 Å². The Balaban J connectivity index is 1.77. The second-order valence-electron chi connectivity index (χ2n) is 5.38. The number of carbonyl (C=O) groups excluding carboxylic acids is 1. The van der Waals surface area contributed by atoms with Crippen LogP contribution in [0.4, 0.5) is 5.69 Å². The minimum absolute atomic E-state index is 0.0629. The summed E-state index contributed by atoms with van der Waals surface area (Å²) in [7, 11) is 0. The van der Waals surface area contributed by atoms with E-state index in [2.05, 4.69) is 34.5 Å². The lowest BCUT2D eigenvalue weighted by Crippen LogP contribution is -2.47. The van der Waals surface area contributed by atoms with E-state index in [0.717, 1.165) is 32.2 Å². The zero-order valence-corrected chi connectivity index (χ0v) is 10.9. The number of benzene rings is 1. The molecule has 0 aromatic heterocycles. The first-order valence-corrected chi connectivity index (χ1v) is 6.90. The van der Waals surface area contributed by atoms with Gasteiger partial charge in [0.2, 0.25) is 5.91 Å². The predicted octanol–water partition coefficient (Wildman–Crippen LogP) is 2.11. The van der Waals surface area contributed by atoms with Crippen LogP contribution >= 0.6 is 0 Å². The summed E-state index contributed by atoms with van der Waals surface area (Å²) in [4.78, 5) is 14.4. The molecule has 3 rings (SSSR count). The molecular formula is C15H20N2O. The second-order valence-corrected chi connectivity index (χ2v) is 5.38. The van der Waals surface area contributed by atoms with Crippen LogP contribution in [0.15, 0.2) is 24.3 Å². The summed E-state index contributed by atoms with van der Waals surface area (Å²) in [6.07, 6.45) is 4.56. The number of fused-ring (bicyclic) bond motifs is 1. The highest BCUT2D eigenvalue weighted by molar-refractivity contribution is 5.85. The summed E-state index contributed by atoms with van der Waals surface area (Å²) in [5, 5.41) is 3.10. The van der Waals surface area contributed by atoms with Gasteiger partial charge in [0, 0.05) is 18.3 Å². The molecule has 18 heavy (non-hydrogen) atoms. The van der Waals surface area contributed by atoms with Gasteiger partial charge in [-0.2, -0.15) is 0 Å². The standard InChI is InChI=1S/C15H20N2O/c1-11(15(18)16-13-8-9-13)17-10-4-6-12-5-2-3-7-14(12)17/h2-3,5,7,11,13H,4,6,8-10H2,1H3,(H,16,18)/t11-/m1/s1. The van der Waals surface area contributed by atoms with Gasteiger partial charge in [0.25, 0.3) is 0 Å². The van der Waals surface area contributed by atoms with Gasteiger partial charge in [0.15, 0.2) is 0 Å². The van der Waals surface area contributed by atoms with Crippen molar-refractivity contribution in [2.24, 2.45) is 0 Å². The van der Waals surface area contributed by atoms with E-state index < -0.39 is 0 Å². The summed E-state index contributed by atoms with van der Waals surface area (Å²) in [6, 6.07) is 8.83. The maximum atomic E-state index is 12.1. The summed E-state index contributed by atoms with van der Waals surface area (Å²) in [5.74, 6) is 0.175. The van der Waals surface area contributed by atoms with E-state index in [9.17, 15) is 4.79 Å². The number of anilines is 1. The molecule has 1 aromatic carbocycles. The zero-order chi connectivity index (χ0) is 12.5. The number of hydrogen-bond donors (Lipinski definition) is 1. The monoisotopic (exact) mass is 244 g/mol. The molecule has 1 saturated carbocycles. The lowest BCUT2D eigenvalue weighted by atomic mass is 10.00. The van der Waals surface area contributed by atoms with Crippen molar-refractivity contribution in [1.82, 2.24) is 5.32 Å². The highest BCUT2D eigenvalue weighted by Crippen LogP contribution is 2.28. The van der Waals surface area contributed by atoms with E-state index >= 15 is 0 Å². The maximum absolute atomic E-state index is 12.1. The summed E-state index contributed by atoms with van der Waals surface area (Å²) < 4.78 is 0. The second kappa shape index (κ2) is 4.63. The van der Waals surface area contributed by atoms with E-state index in [4.69, 9.17) is 0 Å². The molecule has 1 heterocycles. The first-order chi connectivity index (χ1) is 8.75. The average Bonchev–Trinajstić information content (AvgIpc) is 3.21. The summed E-state index contributed by atoms with van der Waals surface area (Å²) >= 11 is 0. The van der Waals surface area contributed by atoms with Crippen molar-refractivity contribution in [3.05, 3.63) is 29.8 Å². The SMILES string of the molecule is C[C@H](C(=O)NC1CC1)N1CCCc2ccccc21. The number of rotatable bonds is 3. The van der Waals surface area contributed by atoms with Crippen LogP contribution in [0.1, 0.15) is 31.7 Å². The van der Waals surface area contributed by atoms with Gasteiger partial charge in [-0.25, -0.2) is 0 Å². The van der Waals surface area contributed by atoms with Crippen LogP contribution in [-0.2, 0) is 11.2 Å². The van der Waals surface area contributed by atoms with Crippen molar-refractivity contribution < 1.29 is 4.79 Å². The predicted molar refractivity (Wildman–Crippen MR) is 72.7 cm³/mol. The largest absolute Gasteiger partial charge is 0.360 e. The smallest absolute Gasteiger partial charge is 0.242 e. The molecule has 1 aliphatic heterocycles. The molecule has 0 bridgehead atoms. The van der Waals surface area contributed by atoms with E-state index in [-0.39, 0.29) is 11.9 Å². The Bertz CT molecular complexity index is 454. The van der Waals surface area contributed by atoms with Crippen molar-refractivity contribution in [3.63, 3.8) is 0 Å². The van der Waals surface area contributed by atoms with Gasteiger partial charge in [-0.3, -0.25) is 4.79 Å². The van der Waals surface area contributed by atoms with Crippen LogP contribution in [0.5, 0.6) is 0 Å². The number of nitrogens with one attached hydrogen (secondary N) is 1. The molecule has 3 nitrogen and oxygen atoms in total. The highest BCUT2D eigenvalue weighted by atomic mass is 16.2. The molecule has 0 saturated heterocycles. The Kier molecular flexibility index (Phi) is 2.98. The van der Waals surface area contributed by atoms with Crippen LogP contribution in [0.3, 0.4) is 0 Å². The van der Waals surface area contributed by atoms with Crippen molar-refractivity contribution in [2.45, 2.75) is 44.7 Å². The molecule has 96 valence electrons. The van der Waals surface area contributed by atoms with Gasteiger partial charge in [0.05, 0.1) is 0 Å². The minimum atomic E-state index is -0.0629. The third-order valence-corrected chi connectivity index (χ3v) is 3.92. The quantitative estimate of drug-likeness (QED) is 0.883. The Morgan fingerprint density at radius 1 is 1.39 bits per heavy atom. The molecule has 2 aliphatic rings. The molecular weight excluding hydrogens is 224 g/mol. The van der Waals surface area contributed by atoms with Gasteiger partial charge >= 0.3 is 0 Å². The van der Waals surface area contributed by atoms with Crippen LogP contribution in [0, 0.1) is 0 Å². The van der Waals surface area contributed by atoms with Gasteiger partial charge < -0.3 is 10.2 Å². The van der Waals surface area contributed by atoms with Crippen LogP contribution < -0.4 is 10.2 Å². The fraction of sp³-hybridized carbons (Fsp3) is 0.533. The van der Waals surface area contributed by atoms with E-state index in [0.29, 0.717) is 6.04 Å². The third-order valence-electron chi connectivity index (χ3n) is 3.92. The van der Waals surface area contributed by atoms with Crippen molar-refractivity contribution in [3.8, 4) is 0 Å². The Hall–Kier alpha value is -1.51. The molecule has 3 heteroatoms. The number of aryl methyl sites for hydroxylation is 1. The number of nitrogens with zero attached hydrogens (tertiary/aromatic N) is 1. The Labute approximate surface area is 108 Å². The zero-order valence-electron chi connectivity index (χ0n) is 10.9. The first kappa shape index (κ1) is 11.6. The highest BCUT2D eigenvalue weighted by Gasteiger charge is 2.30. The van der Waals surface area contributed by atoms with Gasteiger partial charge in [-0.05, 0) is 44.2 Å². The Morgan fingerprint density at radius 2 is 2.17 bits per heavy atom. The molecule has 1 aliphatic carbocycles. The maximum Gasteiger partial charge on any atom is 0.242 e. The fourth-order valence-electron chi connectivity index (χ4n) is 2.66. The number of para-hydroxylation sites is 1. The molecule has 0 spiro atoms. The minimum Gasteiger partial charge on any atom is -0.360 e. The fourth-order valence-corrected chi connectivity index (χ4v) is 2.66. The van der Waals surface area contributed by atoms with Gasteiger partial charge in [0.1, 0.15) is 6.04 Å². The normalized spacial score (nSPS) is 20.2. The van der Waals surface area contributed by atoms with Crippen molar-refractivity contribution in [2.75, 3.05) is 11.4 Å². The number of carbonyl (C=O) groups is 1. The van der Waals surface area contributed by atoms with Crippen LogP contribution in [0.25, 0.3) is 0 Å². The molecule has 1 atom stereocenters. The number of amides is 1. The molecule has 1 N–H and O–H groups in total. The summed E-state index contributed by atoms with van der Waals surface area (Å²) in [6.45, 7) is 3.00. The van der Waals surface area contributed by atoms with Crippen LogP contribution in [0.2, 0.25) is 0 Å². The van der Waals surface area contributed by atoms with Crippen LogP contribution in [-0.4, -0.2) is 24.5 Å². The summed E-state index contributed by atoms with van der Waals surface area (Å²) in [5.41, 5.74) is 2.61. The van der Waals surface area contributed by atoms with Crippen molar-refractivity contribution in [1.29, 1.82) is 0 Å².